The number of benzene rings is 1. The SMILES string of the molecule is CN(C(=O)c1cnc2ccccc2n1)C1CC2CCC(C1)N2. The first-order valence-electron chi connectivity index (χ1n) is 7.96. The highest BCUT2D eigenvalue weighted by Gasteiger charge is 2.36. The van der Waals surface area contributed by atoms with Gasteiger partial charge in [-0.25, -0.2) is 4.98 Å². The van der Waals surface area contributed by atoms with Gasteiger partial charge < -0.3 is 10.2 Å². The number of piperidine rings is 1. The number of rotatable bonds is 2. The summed E-state index contributed by atoms with van der Waals surface area (Å²) in [6.07, 6.45) is 6.15. The van der Waals surface area contributed by atoms with Crippen LogP contribution in [0.1, 0.15) is 36.2 Å². The van der Waals surface area contributed by atoms with Gasteiger partial charge in [0.25, 0.3) is 5.91 Å². The van der Waals surface area contributed by atoms with Gasteiger partial charge in [-0.2, -0.15) is 0 Å². The first-order chi connectivity index (χ1) is 10.7. The molecule has 2 aromatic rings. The lowest BCUT2D eigenvalue weighted by Crippen LogP contribution is -2.48. The van der Waals surface area contributed by atoms with Crippen LogP contribution in [0.2, 0.25) is 0 Å². The van der Waals surface area contributed by atoms with Crippen molar-refractivity contribution in [1.82, 2.24) is 20.2 Å². The maximum Gasteiger partial charge on any atom is 0.274 e. The Hall–Kier alpha value is -2.01. The summed E-state index contributed by atoms with van der Waals surface area (Å²) in [4.78, 5) is 23.4. The predicted octanol–water partition coefficient (Wildman–Crippen LogP) is 1.98. The van der Waals surface area contributed by atoms with E-state index in [1.54, 1.807) is 6.20 Å². The molecule has 2 atom stereocenters. The number of hydrogen-bond acceptors (Lipinski definition) is 4. The largest absolute Gasteiger partial charge is 0.337 e. The lowest BCUT2D eigenvalue weighted by Gasteiger charge is -2.35. The summed E-state index contributed by atoms with van der Waals surface area (Å²) >= 11 is 0. The molecule has 0 aliphatic carbocycles. The van der Waals surface area contributed by atoms with E-state index in [9.17, 15) is 4.79 Å². The molecule has 22 heavy (non-hydrogen) atoms. The van der Waals surface area contributed by atoms with Gasteiger partial charge in [0.05, 0.1) is 17.2 Å². The fourth-order valence-electron chi connectivity index (χ4n) is 3.75. The molecule has 3 heterocycles. The second-order valence-electron chi connectivity index (χ2n) is 6.42. The van der Waals surface area contributed by atoms with Crippen molar-refractivity contribution in [3.8, 4) is 0 Å². The molecule has 2 bridgehead atoms. The fourth-order valence-corrected chi connectivity index (χ4v) is 3.75. The molecular formula is C17H20N4O. The normalized spacial score (nSPS) is 27.0. The molecule has 1 aromatic carbocycles. The molecule has 0 radical (unpaired) electrons. The minimum absolute atomic E-state index is 0.0236. The van der Waals surface area contributed by atoms with Crippen LogP contribution in [0.25, 0.3) is 11.0 Å². The first kappa shape index (κ1) is 13.6. The molecule has 2 unspecified atom stereocenters. The monoisotopic (exact) mass is 296 g/mol. The van der Waals surface area contributed by atoms with E-state index in [1.165, 1.54) is 12.8 Å². The van der Waals surface area contributed by atoms with E-state index in [2.05, 4.69) is 15.3 Å². The zero-order valence-electron chi connectivity index (χ0n) is 12.7. The highest BCUT2D eigenvalue weighted by Crippen LogP contribution is 2.29. The van der Waals surface area contributed by atoms with Crippen molar-refractivity contribution in [3.05, 3.63) is 36.2 Å². The standard InChI is InChI=1S/C17H20N4O/c1-21(13-8-11-6-7-12(9-13)19-11)17(22)16-10-18-14-4-2-3-5-15(14)20-16/h2-5,10-13,19H,6-9H2,1H3. The minimum Gasteiger partial charge on any atom is -0.337 e. The maximum absolute atomic E-state index is 12.7. The Morgan fingerprint density at radius 3 is 2.59 bits per heavy atom. The van der Waals surface area contributed by atoms with E-state index in [0.717, 1.165) is 23.9 Å². The summed E-state index contributed by atoms with van der Waals surface area (Å²) in [5.41, 5.74) is 2.03. The highest BCUT2D eigenvalue weighted by atomic mass is 16.2. The molecule has 1 aromatic heterocycles. The Balaban J connectivity index is 1.56. The summed E-state index contributed by atoms with van der Waals surface area (Å²) in [5, 5.41) is 3.61. The number of aromatic nitrogens is 2. The summed E-state index contributed by atoms with van der Waals surface area (Å²) in [6, 6.07) is 9.09. The van der Waals surface area contributed by atoms with Crippen LogP contribution in [-0.4, -0.2) is 45.9 Å². The average Bonchev–Trinajstić information content (AvgIpc) is 2.91. The number of nitrogens with zero attached hydrogens (tertiary/aromatic N) is 3. The van der Waals surface area contributed by atoms with E-state index in [1.807, 2.05) is 36.2 Å². The van der Waals surface area contributed by atoms with Gasteiger partial charge in [0.2, 0.25) is 0 Å². The molecule has 0 spiro atoms. The predicted molar refractivity (Wildman–Crippen MR) is 84.6 cm³/mol. The van der Waals surface area contributed by atoms with Crippen LogP contribution in [0.15, 0.2) is 30.5 Å². The van der Waals surface area contributed by atoms with Crippen molar-refractivity contribution >= 4 is 16.9 Å². The molecule has 4 rings (SSSR count). The van der Waals surface area contributed by atoms with E-state index in [-0.39, 0.29) is 5.91 Å². The summed E-state index contributed by atoms with van der Waals surface area (Å²) < 4.78 is 0. The van der Waals surface area contributed by atoms with Gasteiger partial charge in [0.1, 0.15) is 5.69 Å². The second-order valence-corrected chi connectivity index (χ2v) is 6.42. The smallest absolute Gasteiger partial charge is 0.274 e. The van der Waals surface area contributed by atoms with Crippen molar-refractivity contribution in [2.24, 2.45) is 0 Å². The van der Waals surface area contributed by atoms with Crippen LogP contribution in [0, 0.1) is 0 Å². The lowest BCUT2D eigenvalue weighted by atomic mass is 9.98. The van der Waals surface area contributed by atoms with Crippen LogP contribution < -0.4 is 5.32 Å². The van der Waals surface area contributed by atoms with Crippen molar-refractivity contribution in [2.75, 3.05) is 7.05 Å². The molecule has 1 N–H and O–H groups in total. The zero-order chi connectivity index (χ0) is 15.1. The van der Waals surface area contributed by atoms with E-state index in [4.69, 9.17) is 0 Å². The third kappa shape index (κ3) is 2.35. The van der Waals surface area contributed by atoms with Crippen LogP contribution in [-0.2, 0) is 0 Å². The third-order valence-electron chi connectivity index (χ3n) is 4.98. The Morgan fingerprint density at radius 2 is 1.86 bits per heavy atom. The molecule has 0 saturated carbocycles. The number of nitrogens with one attached hydrogen (secondary N) is 1. The first-order valence-corrected chi connectivity index (χ1v) is 7.96. The van der Waals surface area contributed by atoms with Crippen LogP contribution >= 0.6 is 0 Å². The summed E-state index contributed by atoms with van der Waals surface area (Å²) in [6.45, 7) is 0. The molecule has 1 amide bonds. The second kappa shape index (κ2) is 5.32. The van der Waals surface area contributed by atoms with Crippen molar-refractivity contribution < 1.29 is 4.79 Å². The Bertz CT molecular complexity index is 705. The number of fused-ring (bicyclic) bond motifs is 3. The van der Waals surface area contributed by atoms with Gasteiger partial charge in [-0.05, 0) is 37.8 Å². The highest BCUT2D eigenvalue weighted by molar-refractivity contribution is 5.93. The molecule has 2 saturated heterocycles. The summed E-state index contributed by atoms with van der Waals surface area (Å²) in [7, 11) is 1.90. The summed E-state index contributed by atoms with van der Waals surface area (Å²) in [5.74, 6) is -0.0236. The molecule has 5 nitrogen and oxygen atoms in total. The van der Waals surface area contributed by atoms with Crippen LogP contribution in [0.3, 0.4) is 0 Å². The van der Waals surface area contributed by atoms with Gasteiger partial charge in [-0.1, -0.05) is 12.1 Å². The van der Waals surface area contributed by atoms with Gasteiger partial charge in [-0.3, -0.25) is 9.78 Å². The lowest BCUT2D eigenvalue weighted by molar-refractivity contribution is 0.0675. The van der Waals surface area contributed by atoms with Crippen LogP contribution in [0.4, 0.5) is 0 Å². The number of para-hydroxylation sites is 2. The molecule has 2 fully saturated rings. The molecule has 5 heteroatoms. The van der Waals surface area contributed by atoms with Crippen LogP contribution in [0.5, 0.6) is 0 Å². The topological polar surface area (TPSA) is 58.1 Å². The Morgan fingerprint density at radius 1 is 1.18 bits per heavy atom. The Labute approximate surface area is 129 Å². The maximum atomic E-state index is 12.7. The number of carbonyl (C=O) groups excluding carboxylic acids is 1. The van der Waals surface area contributed by atoms with Gasteiger partial charge in [0.15, 0.2) is 0 Å². The third-order valence-corrected chi connectivity index (χ3v) is 4.98. The van der Waals surface area contributed by atoms with E-state index < -0.39 is 0 Å². The van der Waals surface area contributed by atoms with Crippen molar-refractivity contribution in [1.29, 1.82) is 0 Å². The molecule has 2 aliphatic rings. The molecule has 2 aliphatic heterocycles. The number of carbonyl (C=O) groups is 1. The van der Waals surface area contributed by atoms with Crippen molar-refractivity contribution in [2.45, 2.75) is 43.8 Å². The van der Waals surface area contributed by atoms with Gasteiger partial charge in [0, 0.05) is 25.2 Å². The van der Waals surface area contributed by atoms with E-state index >= 15 is 0 Å². The quantitative estimate of drug-likeness (QED) is 0.920. The zero-order valence-corrected chi connectivity index (χ0v) is 12.7. The minimum atomic E-state index is -0.0236. The van der Waals surface area contributed by atoms with E-state index in [0.29, 0.717) is 23.8 Å². The van der Waals surface area contributed by atoms with Gasteiger partial charge >= 0.3 is 0 Å². The number of hydrogen-bond donors (Lipinski definition) is 1. The Kier molecular flexibility index (Phi) is 3.30. The molecule has 114 valence electrons. The van der Waals surface area contributed by atoms with Gasteiger partial charge in [-0.15, -0.1) is 0 Å². The molecular weight excluding hydrogens is 276 g/mol. The average molecular weight is 296 g/mol. The fraction of sp³-hybridized carbons (Fsp3) is 0.471. The van der Waals surface area contributed by atoms with Crippen molar-refractivity contribution in [3.63, 3.8) is 0 Å². The number of amides is 1.